The Morgan fingerprint density at radius 1 is 1.39 bits per heavy atom. The molecule has 8 heteroatoms. The number of aromatic nitrogens is 2. The summed E-state index contributed by atoms with van der Waals surface area (Å²) < 4.78 is 27.3. The second kappa shape index (κ2) is 7.87. The van der Waals surface area contributed by atoms with Crippen molar-refractivity contribution >= 4 is 23.5 Å². The number of aryl methyl sites for hydroxylation is 1. The van der Waals surface area contributed by atoms with E-state index in [4.69, 9.17) is 21.7 Å². The summed E-state index contributed by atoms with van der Waals surface area (Å²) in [5.74, 6) is -0.331. The third kappa shape index (κ3) is 4.49. The molecule has 1 amide bonds. The fourth-order valence-corrected chi connectivity index (χ4v) is 3.17. The largest absolute Gasteiger partial charge is 0.460 e. The predicted octanol–water partition coefficient (Wildman–Crippen LogP) is 4.23. The minimum Gasteiger partial charge on any atom is -0.460 e. The minimum absolute atomic E-state index is 0.180. The molecule has 2 heterocycles. The number of halogens is 1. The van der Waals surface area contributed by atoms with Crippen molar-refractivity contribution in [3.05, 3.63) is 53.9 Å². The van der Waals surface area contributed by atoms with Crippen molar-refractivity contribution in [3.63, 3.8) is 0 Å². The van der Waals surface area contributed by atoms with Gasteiger partial charge in [0, 0.05) is 18.9 Å². The first-order chi connectivity index (χ1) is 13.2. The maximum atomic E-state index is 14.2. The molecule has 2 atom stereocenters. The summed E-state index contributed by atoms with van der Waals surface area (Å²) in [7, 11) is 0. The van der Waals surface area contributed by atoms with Gasteiger partial charge in [-0.05, 0) is 63.5 Å². The number of carbonyl (C=O) groups is 1. The molecule has 3 rings (SSSR count). The van der Waals surface area contributed by atoms with Gasteiger partial charge >= 0.3 is 6.09 Å². The molecule has 0 aliphatic carbocycles. The zero-order chi connectivity index (χ0) is 20.5. The van der Waals surface area contributed by atoms with E-state index in [1.807, 2.05) is 20.8 Å². The number of benzene rings is 1. The second-order valence-corrected chi connectivity index (χ2v) is 8.16. The van der Waals surface area contributed by atoms with E-state index in [0.717, 1.165) is 0 Å². The van der Waals surface area contributed by atoms with E-state index in [2.05, 4.69) is 4.98 Å². The third-order valence-electron chi connectivity index (χ3n) is 4.51. The van der Waals surface area contributed by atoms with Crippen molar-refractivity contribution in [1.82, 2.24) is 14.5 Å². The van der Waals surface area contributed by atoms with Crippen LogP contribution in [-0.4, -0.2) is 43.9 Å². The Hall–Kier alpha value is -2.48. The fourth-order valence-electron chi connectivity index (χ4n) is 2.96. The fraction of sp³-hybridized carbons (Fsp3) is 0.450. The molecular formula is C20H24FN3O3S. The molecule has 28 heavy (non-hydrogen) atoms. The van der Waals surface area contributed by atoms with Crippen molar-refractivity contribution < 1.29 is 18.7 Å². The Morgan fingerprint density at radius 2 is 2.14 bits per heavy atom. The number of hydrogen-bond donors (Lipinski definition) is 0. The van der Waals surface area contributed by atoms with Crippen molar-refractivity contribution in [1.29, 1.82) is 0 Å². The molecule has 6 nitrogen and oxygen atoms in total. The standard InChI is InChI=1S/C20H24FN3O3S/c1-13-5-6-14(11-15(13)21)17(26-19(28)23-10-8-22-12-23)16-7-9-24(16)18(25)27-20(2,3)4/h5-6,8,10-12,16-17H,7,9H2,1-4H3/t16-,17?/m0/s1. The van der Waals surface area contributed by atoms with Gasteiger partial charge in [0.25, 0.3) is 5.17 Å². The van der Waals surface area contributed by atoms with Crippen molar-refractivity contribution in [2.24, 2.45) is 0 Å². The number of rotatable bonds is 3. The smallest absolute Gasteiger partial charge is 0.410 e. The van der Waals surface area contributed by atoms with Crippen LogP contribution >= 0.6 is 12.2 Å². The predicted molar refractivity (Wildman–Crippen MR) is 107 cm³/mol. The lowest BCUT2D eigenvalue weighted by atomic mass is 9.92. The maximum Gasteiger partial charge on any atom is 0.410 e. The van der Waals surface area contributed by atoms with Crippen LogP contribution in [-0.2, 0) is 9.47 Å². The van der Waals surface area contributed by atoms with Gasteiger partial charge in [-0.25, -0.2) is 14.2 Å². The first-order valence-electron chi connectivity index (χ1n) is 9.10. The Bertz CT molecular complexity index is 864. The average molecular weight is 405 g/mol. The van der Waals surface area contributed by atoms with Crippen LogP contribution < -0.4 is 0 Å². The van der Waals surface area contributed by atoms with E-state index < -0.39 is 17.8 Å². The number of hydrogen-bond acceptors (Lipinski definition) is 5. The molecule has 0 radical (unpaired) electrons. The van der Waals surface area contributed by atoms with E-state index in [-0.39, 0.29) is 17.0 Å². The molecular weight excluding hydrogens is 381 g/mol. The van der Waals surface area contributed by atoms with Gasteiger partial charge < -0.3 is 14.4 Å². The molecule has 1 aliphatic rings. The Morgan fingerprint density at radius 3 is 2.68 bits per heavy atom. The van der Waals surface area contributed by atoms with Crippen LogP contribution in [0.15, 0.2) is 36.9 Å². The molecule has 1 aliphatic heterocycles. The van der Waals surface area contributed by atoms with Crippen LogP contribution in [0.25, 0.3) is 0 Å². The summed E-state index contributed by atoms with van der Waals surface area (Å²) in [6, 6.07) is 4.61. The van der Waals surface area contributed by atoms with Crippen molar-refractivity contribution in [2.45, 2.75) is 51.9 Å². The van der Waals surface area contributed by atoms with Crippen LogP contribution in [0.5, 0.6) is 0 Å². The molecule has 0 spiro atoms. The zero-order valence-electron chi connectivity index (χ0n) is 16.4. The second-order valence-electron chi connectivity index (χ2n) is 7.81. The van der Waals surface area contributed by atoms with E-state index >= 15 is 0 Å². The monoisotopic (exact) mass is 405 g/mol. The average Bonchev–Trinajstić information content (AvgIpc) is 3.08. The summed E-state index contributed by atoms with van der Waals surface area (Å²) in [4.78, 5) is 18.1. The van der Waals surface area contributed by atoms with Crippen LogP contribution in [0.3, 0.4) is 0 Å². The summed E-state index contributed by atoms with van der Waals surface area (Å²) in [6.07, 6.45) is 4.45. The Balaban J connectivity index is 1.86. The Kier molecular flexibility index (Phi) is 5.69. The number of nitrogens with zero attached hydrogens (tertiary/aromatic N) is 3. The summed E-state index contributed by atoms with van der Waals surface area (Å²) >= 11 is 5.36. The van der Waals surface area contributed by atoms with Crippen molar-refractivity contribution in [3.8, 4) is 0 Å². The van der Waals surface area contributed by atoms with Crippen LogP contribution in [0.4, 0.5) is 9.18 Å². The summed E-state index contributed by atoms with van der Waals surface area (Å²) in [6.45, 7) is 7.69. The highest BCUT2D eigenvalue weighted by molar-refractivity contribution is 7.80. The number of likely N-dealkylation sites (tertiary alicyclic amines) is 1. The molecule has 0 saturated carbocycles. The van der Waals surface area contributed by atoms with E-state index in [9.17, 15) is 9.18 Å². The Labute approximate surface area is 169 Å². The van der Waals surface area contributed by atoms with Gasteiger partial charge in [-0.2, -0.15) is 0 Å². The van der Waals surface area contributed by atoms with Gasteiger partial charge in [0.2, 0.25) is 0 Å². The molecule has 0 N–H and O–H groups in total. The van der Waals surface area contributed by atoms with Crippen LogP contribution in [0.1, 0.15) is 44.4 Å². The van der Waals surface area contributed by atoms with E-state index in [1.165, 1.54) is 12.4 Å². The van der Waals surface area contributed by atoms with Crippen molar-refractivity contribution in [2.75, 3.05) is 6.54 Å². The first kappa shape index (κ1) is 20.3. The molecule has 150 valence electrons. The molecule has 0 bridgehead atoms. The van der Waals surface area contributed by atoms with Gasteiger partial charge in [0.1, 0.15) is 23.8 Å². The van der Waals surface area contributed by atoms with Crippen LogP contribution in [0.2, 0.25) is 0 Å². The van der Waals surface area contributed by atoms with Gasteiger partial charge in [-0.3, -0.25) is 4.57 Å². The highest BCUT2D eigenvalue weighted by Gasteiger charge is 2.42. The lowest BCUT2D eigenvalue weighted by Crippen LogP contribution is -2.56. The lowest BCUT2D eigenvalue weighted by Gasteiger charge is -2.45. The van der Waals surface area contributed by atoms with Crippen LogP contribution in [0, 0.1) is 12.7 Å². The zero-order valence-corrected chi connectivity index (χ0v) is 17.2. The minimum atomic E-state index is -0.619. The number of carbonyl (C=O) groups excluding carboxylic acids is 1. The first-order valence-corrected chi connectivity index (χ1v) is 9.51. The number of imidazole rings is 1. The molecule has 1 aromatic heterocycles. The topological polar surface area (TPSA) is 56.6 Å². The van der Waals surface area contributed by atoms with Gasteiger partial charge in [-0.1, -0.05) is 12.1 Å². The van der Waals surface area contributed by atoms with Gasteiger partial charge in [-0.15, -0.1) is 0 Å². The number of amides is 1. The third-order valence-corrected chi connectivity index (χ3v) is 4.82. The van der Waals surface area contributed by atoms with E-state index in [1.54, 1.807) is 40.9 Å². The highest BCUT2D eigenvalue weighted by Crippen LogP contribution is 2.35. The summed E-state index contributed by atoms with van der Waals surface area (Å²) in [5, 5.41) is 0.180. The molecule has 1 unspecified atom stereocenters. The molecule has 1 fully saturated rings. The quantitative estimate of drug-likeness (QED) is 0.716. The number of ether oxygens (including phenoxy) is 2. The normalized spacial score (nSPS) is 17.6. The molecule has 1 saturated heterocycles. The van der Waals surface area contributed by atoms with Gasteiger partial charge in [0.05, 0.1) is 6.04 Å². The SMILES string of the molecule is Cc1ccc(C(OC(=S)n2ccnc2)[C@@H]2CCN2C(=O)OC(C)(C)C)cc1F. The lowest BCUT2D eigenvalue weighted by molar-refractivity contribution is -0.0374. The summed E-state index contributed by atoms with van der Waals surface area (Å²) in [5.41, 5.74) is 0.552. The van der Waals surface area contributed by atoms with Gasteiger partial charge in [0.15, 0.2) is 0 Å². The molecule has 1 aromatic carbocycles. The molecule has 2 aromatic rings. The highest BCUT2D eigenvalue weighted by atomic mass is 32.1. The maximum absolute atomic E-state index is 14.2. The van der Waals surface area contributed by atoms with E-state index in [0.29, 0.717) is 24.1 Å². The number of thiocarbonyl (C=S) groups is 1.